The van der Waals surface area contributed by atoms with E-state index < -0.39 is 66.3 Å². The lowest BCUT2D eigenvalue weighted by molar-refractivity contribution is -0.152. The number of esters is 1. The van der Waals surface area contributed by atoms with Gasteiger partial charge in [0.2, 0.25) is 17.7 Å². The van der Waals surface area contributed by atoms with Gasteiger partial charge >= 0.3 is 5.97 Å². The van der Waals surface area contributed by atoms with Gasteiger partial charge in [0.1, 0.15) is 36.3 Å². The third kappa shape index (κ3) is 8.15. The van der Waals surface area contributed by atoms with Crippen LogP contribution in [0.4, 0.5) is 0 Å². The molecule has 1 saturated heterocycles. The molecule has 9 atom stereocenters. The molecule has 1 saturated carbocycles. The number of benzene rings is 1. The fourth-order valence-electron chi connectivity index (χ4n) is 6.69. The van der Waals surface area contributed by atoms with Gasteiger partial charge in [-0.15, -0.1) is 0 Å². The molecular formula is C32H46N6O8. The number of aliphatic hydroxyl groups excluding tert-OH is 2. The molecule has 14 nitrogen and oxygen atoms in total. The Morgan fingerprint density at radius 1 is 1.13 bits per heavy atom. The zero-order valence-electron chi connectivity index (χ0n) is 26.5. The number of aliphatic hydroxyl groups is 2. The van der Waals surface area contributed by atoms with E-state index in [2.05, 4.69) is 10.6 Å². The second-order valence-corrected chi connectivity index (χ2v) is 12.6. The van der Waals surface area contributed by atoms with Gasteiger partial charge in [0.05, 0.1) is 6.04 Å². The van der Waals surface area contributed by atoms with Gasteiger partial charge in [-0.3, -0.25) is 29.5 Å². The summed E-state index contributed by atoms with van der Waals surface area (Å²) in [5.41, 5.74) is 6.13. The number of rotatable bonds is 10. The predicted octanol–water partition coefficient (Wildman–Crippen LogP) is 0.444. The Bertz CT molecular complexity index is 1320. The molecule has 2 fully saturated rings. The van der Waals surface area contributed by atoms with Crippen molar-refractivity contribution in [3.8, 4) is 5.75 Å². The normalized spacial score (nSPS) is 27.6. The molecule has 0 aromatic heterocycles. The Morgan fingerprint density at radius 2 is 1.83 bits per heavy atom. The molecule has 1 aliphatic carbocycles. The van der Waals surface area contributed by atoms with Gasteiger partial charge < -0.3 is 41.3 Å². The van der Waals surface area contributed by atoms with Crippen LogP contribution in [0.25, 0.3) is 0 Å². The maximum Gasteiger partial charge on any atom is 0.302 e. The number of fused-ring (bicyclic) bond motifs is 1. The number of guanidine groups is 1. The number of nitrogens with zero attached hydrogens (tertiary/aromatic N) is 2. The highest BCUT2D eigenvalue weighted by Gasteiger charge is 2.51. The number of ether oxygens (including phenoxy) is 1. The van der Waals surface area contributed by atoms with Gasteiger partial charge in [-0.05, 0) is 54.9 Å². The highest BCUT2D eigenvalue weighted by molar-refractivity contribution is 5.94. The van der Waals surface area contributed by atoms with Crippen molar-refractivity contribution in [2.24, 2.45) is 17.6 Å². The van der Waals surface area contributed by atoms with Crippen molar-refractivity contribution in [3.05, 3.63) is 42.1 Å². The average molecular weight is 643 g/mol. The lowest BCUT2D eigenvalue weighted by atomic mass is 9.82. The van der Waals surface area contributed by atoms with E-state index in [1.54, 1.807) is 18.2 Å². The Labute approximate surface area is 268 Å². The van der Waals surface area contributed by atoms with Crippen molar-refractivity contribution in [2.75, 3.05) is 0 Å². The predicted molar refractivity (Wildman–Crippen MR) is 167 cm³/mol. The summed E-state index contributed by atoms with van der Waals surface area (Å²) >= 11 is 0. The maximum absolute atomic E-state index is 14.5. The minimum absolute atomic E-state index is 0.0289. The molecule has 1 aromatic carbocycles. The molecule has 0 radical (unpaired) electrons. The molecule has 14 heteroatoms. The molecule has 0 bridgehead atoms. The van der Waals surface area contributed by atoms with Crippen molar-refractivity contribution in [3.63, 3.8) is 0 Å². The molecule has 46 heavy (non-hydrogen) atoms. The van der Waals surface area contributed by atoms with Crippen molar-refractivity contribution < 1.29 is 39.2 Å². The van der Waals surface area contributed by atoms with Gasteiger partial charge in [-0.25, -0.2) is 0 Å². The zero-order chi connectivity index (χ0) is 33.7. The molecule has 3 aliphatic rings. The van der Waals surface area contributed by atoms with Crippen LogP contribution in [0.15, 0.2) is 36.5 Å². The average Bonchev–Trinajstić information content (AvgIpc) is 3.38. The number of phenols is 1. The number of likely N-dealkylation sites (tertiary alicyclic amines) is 1. The Kier molecular flexibility index (Phi) is 11.3. The summed E-state index contributed by atoms with van der Waals surface area (Å²) < 4.78 is 5.51. The van der Waals surface area contributed by atoms with Crippen molar-refractivity contribution in [1.29, 1.82) is 5.41 Å². The number of nitrogens with two attached hydrogens (primary N) is 1. The number of carbonyl (C=O) groups is 4. The van der Waals surface area contributed by atoms with E-state index in [1.807, 2.05) is 13.8 Å². The van der Waals surface area contributed by atoms with Crippen LogP contribution in [0.2, 0.25) is 0 Å². The Balaban J connectivity index is 1.57. The number of nitrogens with one attached hydrogen (secondary N) is 3. The highest BCUT2D eigenvalue weighted by atomic mass is 16.5. The van der Waals surface area contributed by atoms with Crippen LogP contribution in [0.5, 0.6) is 5.75 Å². The van der Waals surface area contributed by atoms with E-state index in [9.17, 15) is 34.5 Å². The Morgan fingerprint density at radius 3 is 2.43 bits per heavy atom. The first-order valence-electron chi connectivity index (χ1n) is 15.8. The van der Waals surface area contributed by atoms with Gasteiger partial charge in [0.15, 0.2) is 5.96 Å². The molecule has 2 heterocycles. The molecule has 1 aromatic rings. The largest absolute Gasteiger partial charge is 0.508 e. The Hall–Kier alpha value is -4.17. The van der Waals surface area contributed by atoms with E-state index in [0.29, 0.717) is 37.7 Å². The van der Waals surface area contributed by atoms with Crippen LogP contribution in [0.1, 0.15) is 64.9 Å². The van der Waals surface area contributed by atoms with E-state index in [-0.39, 0.29) is 36.4 Å². The third-order valence-electron chi connectivity index (χ3n) is 9.33. The second kappa shape index (κ2) is 14.9. The number of hydrogen-bond donors (Lipinski definition) is 7. The van der Waals surface area contributed by atoms with Crippen LogP contribution in [0, 0.1) is 17.2 Å². The first-order valence-corrected chi connectivity index (χ1v) is 15.8. The summed E-state index contributed by atoms with van der Waals surface area (Å²) in [4.78, 5) is 56.0. The van der Waals surface area contributed by atoms with Gasteiger partial charge in [-0.1, -0.05) is 32.4 Å². The van der Waals surface area contributed by atoms with Crippen LogP contribution < -0.4 is 16.4 Å². The summed E-state index contributed by atoms with van der Waals surface area (Å²) in [6, 6.07) is 3.16. The van der Waals surface area contributed by atoms with Crippen LogP contribution in [0.3, 0.4) is 0 Å². The molecule has 4 rings (SSSR count). The molecule has 3 amide bonds. The summed E-state index contributed by atoms with van der Waals surface area (Å²) in [6.45, 7) is 5.02. The van der Waals surface area contributed by atoms with Gasteiger partial charge in [-0.2, -0.15) is 0 Å². The number of phenolic OH excluding ortho intramolecular Hbond substituents is 1. The number of carbonyl (C=O) groups excluding carboxylic acids is 4. The van der Waals surface area contributed by atoms with Gasteiger partial charge in [0.25, 0.3) is 0 Å². The smallest absolute Gasteiger partial charge is 0.302 e. The lowest BCUT2D eigenvalue weighted by Gasteiger charge is -2.39. The molecule has 0 spiro atoms. The summed E-state index contributed by atoms with van der Waals surface area (Å²) in [7, 11) is 0. The fraction of sp³-hybridized carbons (Fsp3) is 0.594. The van der Waals surface area contributed by atoms with E-state index in [0.717, 1.165) is 0 Å². The first-order chi connectivity index (χ1) is 21.8. The maximum atomic E-state index is 14.5. The summed E-state index contributed by atoms with van der Waals surface area (Å²) in [5, 5.41) is 43.9. The van der Waals surface area contributed by atoms with E-state index in [4.69, 9.17) is 15.9 Å². The fourth-order valence-corrected chi connectivity index (χ4v) is 6.69. The van der Waals surface area contributed by atoms with Crippen molar-refractivity contribution in [2.45, 2.75) is 108 Å². The highest BCUT2D eigenvalue weighted by Crippen LogP contribution is 2.41. The molecule has 252 valence electrons. The number of amides is 3. The standard InChI is InChI=1S/C32H46N6O8/c1-4-17(2)28(36-30(44)26(41)13-19-5-8-22(40)9-6-19)31(45)38-24-16-23(46-18(3)39)10-7-20(24)14-25(38)29(43)35-21-11-12-37(32(33)34)27(42)15-21/h5-6,8-9,11-12,17,20-21,23-28,40-42H,4,7,10,13-16H2,1-3H3,(H3,33,34)(H,35,43)(H,36,44)/t17-,20-,21?,23?,24-,25?,26?,27?,28?/m0/s1. The summed E-state index contributed by atoms with van der Waals surface area (Å²) in [6.07, 6.45) is 2.59. The third-order valence-corrected chi connectivity index (χ3v) is 9.33. The van der Waals surface area contributed by atoms with Crippen LogP contribution >= 0.6 is 0 Å². The molecule has 8 N–H and O–H groups in total. The van der Waals surface area contributed by atoms with Crippen LogP contribution in [-0.2, 0) is 30.3 Å². The molecular weight excluding hydrogens is 596 g/mol. The lowest BCUT2D eigenvalue weighted by Crippen LogP contribution is -2.60. The first kappa shape index (κ1) is 34.7. The molecule has 6 unspecified atom stereocenters. The van der Waals surface area contributed by atoms with Crippen molar-refractivity contribution in [1.82, 2.24) is 20.4 Å². The quantitative estimate of drug-likeness (QED) is 0.106. The minimum Gasteiger partial charge on any atom is -0.508 e. The summed E-state index contributed by atoms with van der Waals surface area (Å²) in [5.74, 6) is -2.71. The van der Waals surface area contributed by atoms with Crippen molar-refractivity contribution >= 4 is 29.7 Å². The number of aromatic hydroxyl groups is 1. The van der Waals surface area contributed by atoms with E-state index >= 15 is 0 Å². The zero-order valence-corrected chi connectivity index (χ0v) is 26.5. The second-order valence-electron chi connectivity index (χ2n) is 12.6. The SMILES string of the molecule is CC[C@H](C)C(NC(=O)C(O)Cc1ccc(O)cc1)C(=O)N1C(C(=O)NC2C=CN(C(=N)N)C(O)C2)C[C@@H]2CCC(OC(C)=O)C[C@@H]21. The van der Waals surface area contributed by atoms with Crippen LogP contribution in [-0.4, -0.2) is 97.4 Å². The topological polar surface area (TPSA) is 219 Å². The minimum atomic E-state index is -1.46. The monoisotopic (exact) mass is 642 g/mol. The number of hydrogen-bond acceptors (Lipinski definition) is 9. The molecule has 2 aliphatic heterocycles. The van der Waals surface area contributed by atoms with E-state index in [1.165, 1.54) is 35.1 Å². The van der Waals surface area contributed by atoms with Gasteiger partial charge in [0, 0.05) is 38.4 Å².